The summed E-state index contributed by atoms with van der Waals surface area (Å²) in [4.78, 5) is 11.9. The van der Waals surface area contributed by atoms with Crippen molar-refractivity contribution in [1.82, 2.24) is 0 Å². The highest BCUT2D eigenvalue weighted by Crippen LogP contribution is 2.26. The summed E-state index contributed by atoms with van der Waals surface area (Å²) in [5.74, 6) is 0.402. The van der Waals surface area contributed by atoms with Crippen molar-refractivity contribution < 1.29 is 9.53 Å². The van der Waals surface area contributed by atoms with E-state index in [0.717, 1.165) is 19.3 Å². The van der Waals surface area contributed by atoms with E-state index >= 15 is 0 Å². The highest BCUT2D eigenvalue weighted by molar-refractivity contribution is 5.90. The third kappa shape index (κ3) is 3.22. The van der Waals surface area contributed by atoms with Gasteiger partial charge in [0.2, 0.25) is 0 Å². The summed E-state index contributed by atoms with van der Waals surface area (Å²) in [6.45, 7) is 2.21. The number of nitrogen functional groups attached to an aromatic ring is 1. The molecule has 1 aliphatic carbocycles. The van der Waals surface area contributed by atoms with Crippen molar-refractivity contribution in [3.05, 3.63) is 29.8 Å². The molecule has 17 heavy (non-hydrogen) atoms. The highest BCUT2D eigenvalue weighted by atomic mass is 16.5. The fourth-order valence-corrected chi connectivity index (χ4v) is 2.37. The van der Waals surface area contributed by atoms with Crippen LogP contribution >= 0.6 is 0 Å². The molecular formula is C14H19NO2. The van der Waals surface area contributed by atoms with E-state index in [1.807, 2.05) is 0 Å². The van der Waals surface area contributed by atoms with E-state index in [0.29, 0.717) is 17.2 Å². The summed E-state index contributed by atoms with van der Waals surface area (Å²) in [6, 6.07) is 6.94. The molecule has 2 rings (SSSR count). The highest BCUT2D eigenvalue weighted by Gasteiger charge is 2.22. The molecule has 0 aromatic heterocycles. The van der Waals surface area contributed by atoms with Crippen LogP contribution in [0.3, 0.4) is 0 Å². The average molecular weight is 233 g/mol. The maximum atomic E-state index is 11.9. The molecule has 0 radical (unpaired) electrons. The lowest BCUT2D eigenvalue weighted by atomic mass is 9.89. The Hall–Kier alpha value is -1.51. The number of esters is 1. The molecule has 2 N–H and O–H groups in total. The smallest absolute Gasteiger partial charge is 0.338 e. The van der Waals surface area contributed by atoms with Gasteiger partial charge >= 0.3 is 5.97 Å². The summed E-state index contributed by atoms with van der Waals surface area (Å²) >= 11 is 0. The van der Waals surface area contributed by atoms with Crippen molar-refractivity contribution in [3.63, 3.8) is 0 Å². The first-order valence-electron chi connectivity index (χ1n) is 6.21. The number of ether oxygens (including phenoxy) is 1. The van der Waals surface area contributed by atoms with E-state index in [9.17, 15) is 4.79 Å². The van der Waals surface area contributed by atoms with E-state index in [1.165, 1.54) is 6.42 Å². The van der Waals surface area contributed by atoms with Crippen molar-refractivity contribution >= 4 is 11.7 Å². The molecule has 1 aromatic rings. The molecule has 3 heteroatoms. The van der Waals surface area contributed by atoms with Crippen molar-refractivity contribution in [2.24, 2.45) is 5.92 Å². The molecule has 3 nitrogen and oxygen atoms in total. The summed E-state index contributed by atoms with van der Waals surface area (Å²) in [5.41, 5.74) is 6.78. The predicted molar refractivity (Wildman–Crippen MR) is 67.7 cm³/mol. The van der Waals surface area contributed by atoms with Crippen LogP contribution in [-0.2, 0) is 4.74 Å². The molecule has 1 fully saturated rings. The van der Waals surface area contributed by atoms with Crippen LogP contribution in [-0.4, -0.2) is 12.1 Å². The van der Waals surface area contributed by atoms with Gasteiger partial charge < -0.3 is 10.5 Å². The largest absolute Gasteiger partial charge is 0.459 e. The Morgan fingerprint density at radius 2 is 2.24 bits per heavy atom. The first kappa shape index (κ1) is 12.0. The minimum atomic E-state index is -0.253. The monoisotopic (exact) mass is 233 g/mol. The van der Waals surface area contributed by atoms with Gasteiger partial charge in [-0.25, -0.2) is 4.79 Å². The Balaban J connectivity index is 1.97. The molecule has 0 saturated heterocycles. The molecule has 1 aliphatic rings. The van der Waals surface area contributed by atoms with Gasteiger partial charge in [0.05, 0.1) is 5.56 Å². The van der Waals surface area contributed by atoms with E-state index in [2.05, 4.69) is 6.92 Å². The Bertz CT molecular complexity index is 403. The molecule has 1 aromatic carbocycles. The van der Waals surface area contributed by atoms with Crippen LogP contribution in [0.25, 0.3) is 0 Å². The summed E-state index contributed by atoms with van der Waals surface area (Å²) < 4.78 is 5.51. The third-order valence-corrected chi connectivity index (χ3v) is 3.28. The number of carbonyl (C=O) groups excluding carboxylic acids is 1. The molecule has 92 valence electrons. The topological polar surface area (TPSA) is 52.3 Å². The third-order valence-electron chi connectivity index (χ3n) is 3.28. The minimum Gasteiger partial charge on any atom is -0.459 e. The maximum Gasteiger partial charge on any atom is 0.338 e. The Morgan fingerprint density at radius 1 is 1.41 bits per heavy atom. The van der Waals surface area contributed by atoms with Gasteiger partial charge in [0.25, 0.3) is 0 Å². The van der Waals surface area contributed by atoms with Crippen LogP contribution in [0.2, 0.25) is 0 Å². The lowest BCUT2D eigenvalue weighted by Gasteiger charge is -2.26. The van der Waals surface area contributed by atoms with Crippen molar-refractivity contribution in [2.75, 3.05) is 5.73 Å². The van der Waals surface area contributed by atoms with Gasteiger partial charge in [0.1, 0.15) is 6.10 Å². The summed E-state index contributed by atoms with van der Waals surface area (Å²) in [5, 5.41) is 0. The van der Waals surface area contributed by atoms with Gasteiger partial charge in [-0.3, -0.25) is 0 Å². The zero-order valence-electron chi connectivity index (χ0n) is 10.2. The zero-order valence-corrected chi connectivity index (χ0v) is 10.2. The minimum absolute atomic E-state index is 0.0766. The fourth-order valence-electron chi connectivity index (χ4n) is 2.37. The molecular weight excluding hydrogens is 214 g/mol. The van der Waals surface area contributed by atoms with Crippen molar-refractivity contribution in [3.8, 4) is 0 Å². The quantitative estimate of drug-likeness (QED) is 0.631. The predicted octanol–water partition coefficient (Wildman–Crippen LogP) is 3.00. The van der Waals surface area contributed by atoms with Crippen molar-refractivity contribution in [1.29, 1.82) is 0 Å². The molecule has 2 unspecified atom stereocenters. The lowest BCUT2D eigenvalue weighted by Crippen LogP contribution is -2.24. The van der Waals surface area contributed by atoms with Gasteiger partial charge in [-0.15, -0.1) is 0 Å². The Morgan fingerprint density at radius 3 is 2.94 bits per heavy atom. The van der Waals surface area contributed by atoms with Crippen LogP contribution in [0.5, 0.6) is 0 Å². The van der Waals surface area contributed by atoms with Crippen LogP contribution in [0.1, 0.15) is 43.0 Å². The molecule has 1 saturated carbocycles. The molecule has 2 atom stereocenters. The van der Waals surface area contributed by atoms with Crippen LogP contribution < -0.4 is 5.73 Å². The molecule has 0 bridgehead atoms. The van der Waals surface area contributed by atoms with E-state index in [-0.39, 0.29) is 12.1 Å². The summed E-state index contributed by atoms with van der Waals surface area (Å²) in [7, 11) is 0. The normalized spacial score (nSPS) is 24.3. The van der Waals surface area contributed by atoms with E-state index < -0.39 is 0 Å². The molecule has 0 amide bonds. The van der Waals surface area contributed by atoms with Crippen molar-refractivity contribution in [2.45, 2.75) is 38.7 Å². The lowest BCUT2D eigenvalue weighted by molar-refractivity contribution is 0.0155. The second kappa shape index (κ2) is 5.21. The van der Waals surface area contributed by atoms with E-state index in [1.54, 1.807) is 24.3 Å². The van der Waals surface area contributed by atoms with Gasteiger partial charge in [0, 0.05) is 5.69 Å². The number of carbonyl (C=O) groups is 1. The standard InChI is InChI=1S/C14H19NO2/c1-10-4-2-7-13(8-10)17-14(16)11-5-3-6-12(15)9-11/h3,5-6,9-10,13H,2,4,7-8,15H2,1H3. The number of hydrogen-bond acceptors (Lipinski definition) is 3. The number of nitrogens with two attached hydrogens (primary N) is 1. The number of rotatable bonds is 2. The van der Waals surface area contributed by atoms with Gasteiger partial charge in [0.15, 0.2) is 0 Å². The second-order valence-corrected chi connectivity index (χ2v) is 4.92. The first-order chi connectivity index (χ1) is 8.15. The second-order valence-electron chi connectivity index (χ2n) is 4.92. The van der Waals surface area contributed by atoms with Crippen LogP contribution in [0.4, 0.5) is 5.69 Å². The molecule has 0 aliphatic heterocycles. The Kier molecular flexibility index (Phi) is 3.67. The van der Waals surface area contributed by atoms with Gasteiger partial charge in [-0.05, 0) is 43.4 Å². The zero-order chi connectivity index (χ0) is 12.3. The SMILES string of the molecule is CC1CCCC(OC(=O)c2cccc(N)c2)C1. The average Bonchev–Trinajstić information content (AvgIpc) is 2.29. The first-order valence-corrected chi connectivity index (χ1v) is 6.21. The number of benzene rings is 1. The van der Waals surface area contributed by atoms with E-state index in [4.69, 9.17) is 10.5 Å². The summed E-state index contributed by atoms with van der Waals surface area (Å²) in [6.07, 6.45) is 4.43. The van der Waals surface area contributed by atoms with Gasteiger partial charge in [-0.1, -0.05) is 19.4 Å². The van der Waals surface area contributed by atoms with Crippen LogP contribution in [0.15, 0.2) is 24.3 Å². The maximum absolute atomic E-state index is 11.9. The molecule has 0 spiro atoms. The Labute approximate surface area is 102 Å². The number of anilines is 1. The van der Waals surface area contributed by atoms with Gasteiger partial charge in [-0.2, -0.15) is 0 Å². The van der Waals surface area contributed by atoms with Crippen LogP contribution in [0, 0.1) is 5.92 Å². The molecule has 0 heterocycles. The number of hydrogen-bond donors (Lipinski definition) is 1. The fraction of sp³-hybridized carbons (Fsp3) is 0.500.